The number of ether oxygens (including phenoxy) is 1. The lowest BCUT2D eigenvalue weighted by Crippen LogP contribution is -2.30. The minimum Gasteiger partial charge on any atom is -0.472 e. The van der Waals surface area contributed by atoms with E-state index in [4.69, 9.17) is 26.3 Å². The lowest BCUT2D eigenvalue weighted by Gasteiger charge is -2.18. The Hall–Kier alpha value is -2.19. The van der Waals surface area contributed by atoms with Gasteiger partial charge in [-0.1, -0.05) is 6.92 Å². The molecule has 0 bridgehead atoms. The van der Waals surface area contributed by atoms with Crippen LogP contribution in [-0.2, 0) is 4.74 Å². The zero-order chi connectivity index (χ0) is 10.8. The highest BCUT2D eigenvalue weighted by atomic mass is 16.5. The summed E-state index contributed by atoms with van der Waals surface area (Å²) in [5, 5.41) is 26.7. The van der Waals surface area contributed by atoms with E-state index in [1.165, 1.54) is 0 Å². The molecule has 5 nitrogen and oxygen atoms in total. The van der Waals surface area contributed by atoms with E-state index in [2.05, 4.69) is 0 Å². The van der Waals surface area contributed by atoms with Gasteiger partial charge in [-0.05, 0) is 6.42 Å². The molecule has 2 N–H and O–H groups in total. The van der Waals surface area contributed by atoms with E-state index < -0.39 is 11.5 Å². The molecule has 1 rings (SSSR count). The van der Waals surface area contributed by atoms with Crippen LogP contribution < -0.4 is 5.73 Å². The third-order valence-corrected chi connectivity index (χ3v) is 2.23. The molecule has 0 radical (unpaired) electrons. The molecule has 0 fully saturated rings. The third kappa shape index (κ3) is 0.985. The Morgan fingerprint density at radius 3 is 2.36 bits per heavy atom. The summed E-state index contributed by atoms with van der Waals surface area (Å²) in [5.41, 5.74) is 3.81. The zero-order valence-corrected chi connectivity index (χ0v) is 7.61. The van der Waals surface area contributed by atoms with Crippen LogP contribution in [0.25, 0.3) is 0 Å². The van der Waals surface area contributed by atoms with Crippen LogP contribution >= 0.6 is 0 Å². The Bertz CT molecular complexity index is 390. The first-order chi connectivity index (χ1) is 6.66. The molecule has 1 aliphatic heterocycles. The quantitative estimate of drug-likeness (QED) is 0.645. The Labute approximate surface area is 81.6 Å². The molecule has 0 spiro atoms. The highest BCUT2D eigenvalue weighted by Gasteiger charge is 2.51. The monoisotopic (exact) mass is 188 g/mol. The summed E-state index contributed by atoms with van der Waals surface area (Å²) in [7, 11) is 0. The lowest BCUT2D eigenvalue weighted by molar-refractivity contribution is 0.101. The Balaban J connectivity index is 3.32. The van der Waals surface area contributed by atoms with Gasteiger partial charge in [-0.2, -0.15) is 15.8 Å². The SMILES string of the molecule is CCC1OC(N)=C(C#N)C1(C#N)C#N. The molecule has 1 atom stereocenters. The second-order valence-electron chi connectivity index (χ2n) is 2.90. The molecule has 0 saturated carbocycles. The van der Waals surface area contributed by atoms with Gasteiger partial charge in [-0.25, -0.2) is 0 Å². The van der Waals surface area contributed by atoms with Crippen LogP contribution in [0, 0.1) is 39.4 Å². The van der Waals surface area contributed by atoms with E-state index in [-0.39, 0.29) is 11.5 Å². The van der Waals surface area contributed by atoms with Gasteiger partial charge in [-0.3, -0.25) is 0 Å². The van der Waals surface area contributed by atoms with Crippen molar-refractivity contribution >= 4 is 0 Å². The Morgan fingerprint density at radius 2 is 2.00 bits per heavy atom. The Morgan fingerprint density at radius 1 is 1.43 bits per heavy atom. The van der Waals surface area contributed by atoms with Crippen molar-refractivity contribution in [1.82, 2.24) is 0 Å². The fourth-order valence-electron chi connectivity index (χ4n) is 1.47. The molecule has 1 aliphatic rings. The van der Waals surface area contributed by atoms with Crippen LogP contribution in [0.1, 0.15) is 13.3 Å². The molecular weight excluding hydrogens is 180 g/mol. The molecule has 0 amide bonds. The first-order valence-electron chi connectivity index (χ1n) is 4.05. The number of hydrogen-bond acceptors (Lipinski definition) is 5. The van der Waals surface area contributed by atoms with Crippen LogP contribution in [0.5, 0.6) is 0 Å². The summed E-state index contributed by atoms with van der Waals surface area (Å²) in [6, 6.07) is 5.38. The minimum atomic E-state index is -1.53. The predicted octanol–water partition coefficient (Wildman–Crippen LogP) is 0.523. The smallest absolute Gasteiger partial charge is 0.219 e. The largest absolute Gasteiger partial charge is 0.472 e. The molecule has 1 unspecified atom stereocenters. The standard InChI is InChI=1S/C9H8N4O/c1-2-7-9(4-11,5-12)6(3-10)8(13)14-7/h7H,2,13H2,1H3. The number of hydrogen-bond donors (Lipinski definition) is 1. The van der Waals surface area contributed by atoms with Crippen molar-refractivity contribution in [3.63, 3.8) is 0 Å². The summed E-state index contributed by atoms with van der Waals surface area (Å²) in [5.74, 6) is -0.109. The fraction of sp³-hybridized carbons (Fsp3) is 0.444. The van der Waals surface area contributed by atoms with Crippen LogP contribution in [0.4, 0.5) is 0 Å². The van der Waals surface area contributed by atoms with E-state index in [0.717, 1.165) is 0 Å². The van der Waals surface area contributed by atoms with Crippen LogP contribution in [0.3, 0.4) is 0 Å². The third-order valence-electron chi connectivity index (χ3n) is 2.23. The Kier molecular flexibility index (Phi) is 2.32. The average Bonchev–Trinajstić information content (AvgIpc) is 2.50. The summed E-state index contributed by atoms with van der Waals surface area (Å²) in [6.07, 6.45) is -0.195. The van der Waals surface area contributed by atoms with E-state index >= 15 is 0 Å². The van der Waals surface area contributed by atoms with Crippen molar-refractivity contribution in [2.75, 3.05) is 0 Å². The van der Waals surface area contributed by atoms with Crippen molar-refractivity contribution in [1.29, 1.82) is 15.8 Å². The lowest BCUT2D eigenvalue weighted by atomic mass is 9.79. The van der Waals surface area contributed by atoms with E-state index in [1.54, 1.807) is 13.0 Å². The maximum Gasteiger partial charge on any atom is 0.219 e. The van der Waals surface area contributed by atoms with Crippen molar-refractivity contribution in [3.05, 3.63) is 11.5 Å². The van der Waals surface area contributed by atoms with Crippen LogP contribution in [0.15, 0.2) is 11.5 Å². The van der Waals surface area contributed by atoms with Gasteiger partial charge >= 0.3 is 0 Å². The van der Waals surface area contributed by atoms with Gasteiger partial charge in [0.15, 0.2) is 0 Å². The number of nitriles is 3. The molecule has 0 aromatic rings. The topological polar surface area (TPSA) is 107 Å². The molecule has 0 aliphatic carbocycles. The van der Waals surface area contributed by atoms with Crippen LogP contribution in [0.2, 0.25) is 0 Å². The number of nitrogens with two attached hydrogens (primary N) is 1. The van der Waals surface area contributed by atoms with Crippen molar-refractivity contribution in [3.8, 4) is 18.2 Å². The minimum absolute atomic E-state index is 0.0747. The second kappa shape index (κ2) is 3.28. The molecule has 0 saturated heterocycles. The molecule has 0 aromatic carbocycles. The van der Waals surface area contributed by atoms with Crippen molar-refractivity contribution in [2.45, 2.75) is 19.4 Å². The first kappa shape index (κ1) is 9.89. The van der Waals surface area contributed by atoms with Gasteiger partial charge in [0.25, 0.3) is 0 Å². The van der Waals surface area contributed by atoms with Crippen molar-refractivity contribution in [2.24, 2.45) is 11.1 Å². The molecule has 5 heteroatoms. The van der Waals surface area contributed by atoms with Gasteiger partial charge in [0.05, 0.1) is 12.1 Å². The molecule has 70 valence electrons. The average molecular weight is 188 g/mol. The maximum atomic E-state index is 8.94. The summed E-state index contributed by atoms with van der Waals surface area (Å²) < 4.78 is 5.10. The van der Waals surface area contributed by atoms with Crippen molar-refractivity contribution < 1.29 is 4.74 Å². The highest BCUT2D eigenvalue weighted by Crippen LogP contribution is 2.40. The first-order valence-corrected chi connectivity index (χ1v) is 4.05. The summed E-state index contributed by atoms with van der Waals surface area (Å²) in [6.45, 7) is 1.77. The summed E-state index contributed by atoms with van der Waals surface area (Å²) in [4.78, 5) is 0. The van der Waals surface area contributed by atoms with Gasteiger partial charge in [0.2, 0.25) is 11.3 Å². The summed E-state index contributed by atoms with van der Waals surface area (Å²) >= 11 is 0. The number of nitrogens with zero attached hydrogens (tertiary/aromatic N) is 3. The predicted molar refractivity (Wildman–Crippen MR) is 45.6 cm³/mol. The highest BCUT2D eigenvalue weighted by molar-refractivity contribution is 5.47. The molecule has 0 aromatic heterocycles. The van der Waals surface area contributed by atoms with Gasteiger partial charge < -0.3 is 10.5 Å². The maximum absolute atomic E-state index is 8.94. The zero-order valence-electron chi connectivity index (χ0n) is 7.61. The molecule has 14 heavy (non-hydrogen) atoms. The van der Waals surface area contributed by atoms with E-state index in [9.17, 15) is 0 Å². The van der Waals surface area contributed by atoms with Gasteiger partial charge in [0, 0.05) is 0 Å². The van der Waals surface area contributed by atoms with Crippen LogP contribution in [-0.4, -0.2) is 6.10 Å². The number of rotatable bonds is 1. The van der Waals surface area contributed by atoms with E-state index in [0.29, 0.717) is 6.42 Å². The normalized spacial score (nSPS) is 23.1. The van der Waals surface area contributed by atoms with Gasteiger partial charge in [0.1, 0.15) is 17.7 Å². The molecule has 1 heterocycles. The fourth-order valence-corrected chi connectivity index (χ4v) is 1.47. The molecular formula is C9H8N4O. The van der Waals surface area contributed by atoms with E-state index in [1.807, 2.05) is 12.1 Å². The van der Waals surface area contributed by atoms with Gasteiger partial charge in [-0.15, -0.1) is 0 Å². The second-order valence-corrected chi connectivity index (χ2v) is 2.90.